The summed E-state index contributed by atoms with van der Waals surface area (Å²) in [6.07, 6.45) is 2.05. The summed E-state index contributed by atoms with van der Waals surface area (Å²) >= 11 is 0. The fraction of sp³-hybridized carbons (Fsp3) is 0.500. The largest absolute Gasteiger partial charge is 0.354 e. The number of carbonyl (C=O) groups excluding carboxylic acids is 2. The van der Waals surface area contributed by atoms with E-state index in [2.05, 4.69) is 31.4 Å². The first kappa shape index (κ1) is 21.7. The number of hydrogen-bond acceptors (Lipinski definition) is 3. The van der Waals surface area contributed by atoms with Gasteiger partial charge in [-0.1, -0.05) is 45.9 Å². The minimum atomic E-state index is -0.131. The van der Waals surface area contributed by atoms with Crippen molar-refractivity contribution in [3.05, 3.63) is 42.1 Å². The Labute approximate surface area is 167 Å². The van der Waals surface area contributed by atoms with E-state index in [-0.39, 0.29) is 23.3 Å². The van der Waals surface area contributed by atoms with E-state index in [9.17, 15) is 9.59 Å². The highest BCUT2D eigenvalue weighted by Gasteiger charge is 2.21. The molecule has 0 aliphatic heterocycles. The zero-order chi connectivity index (χ0) is 20.7. The Morgan fingerprint density at radius 1 is 1.11 bits per heavy atom. The molecule has 1 atom stereocenters. The summed E-state index contributed by atoms with van der Waals surface area (Å²) in [5, 5.41) is 10.6. The van der Waals surface area contributed by atoms with Gasteiger partial charge in [0.25, 0.3) is 0 Å². The summed E-state index contributed by atoms with van der Waals surface area (Å²) < 4.78 is 1.76. The van der Waals surface area contributed by atoms with Gasteiger partial charge < -0.3 is 10.6 Å². The molecule has 0 saturated carbocycles. The lowest BCUT2D eigenvalue weighted by Gasteiger charge is -2.14. The number of anilines is 1. The SMILES string of the molecule is CCC(C)NC(=O)CCCC(=O)Nc1cc(C(C)(C)C)nn1-c1ccccc1. The Bertz CT molecular complexity index is 791. The molecule has 1 aromatic carbocycles. The van der Waals surface area contributed by atoms with E-state index in [0.29, 0.717) is 25.1 Å². The van der Waals surface area contributed by atoms with Gasteiger partial charge in [0.15, 0.2) is 0 Å². The number of nitrogens with one attached hydrogen (secondary N) is 2. The van der Waals surface area contributed by atoms with Crippen LogP contribution in [0.2, 0.25) is 0 Å². The summed E-state index contributed by atoms with van der Waals surface area (Å²) in [7, 11) is 0. The fourth-order valence-corrected chi connectivity index (χ4v) is 2.67. The van der Waals surface area contributed by atoms with E-state index < -0.39 is 0 Å². The van der Waals surface area contributed by atoms with Crippen molar-refractivity contribution in [1.29, 1.82) is 0 Å². The molecule has 2 aromatic rings. The molecule has 0 fully saturated rings. The lowest BCUT2D eigenvalue weighted by Crippen LogP contribution is -2.31. The maximum atomic E-state index is 12.4. The number of rotatable bonds is 8. The molecule has 1 aromatic heterocycles. The third-order valence-corrected chi connectivity index (χ3v) is 4.57. The topological polar surface area (TPSA) is 76.0 Å². The van der Waals surface area contributed by atoms with Crippen molar-refractivity contribution in [3.8, 4) is 5.69 Å². The van der Waals surface area contributed by atoms with Gasteiger partial charge in [0.05, 0.1) is 11.4 Å². The fourth-order valence-electron chi connectivity index (χ4n) is 2.67. The van der Waals surface area contributed by atoms with Crippen LogP contribution in [0.1, 0.15) is 66.0 Å². The molecule has 28 heavy (non-hydrogen) atoms. The summed E-state index contributed by atoms with van der Waals surface area (Å²) in [5.74, 6) is 0.519. The second-order valence-electron chi connectivity index (χ2n) is 8.19. The van der Waals surface area contributed by atoms with Crippen LogP contribution in [0.3, 0.4) is 0 Å². The molecule has 1 unspecified atom stereocenters. The minimum absolute atomic E-state index is 0.00787. The van der Waals surface area contributed by atoms with Crippen molar-refractivity contribution in [2.24, 2.45) is 0 Å². The Hall–Kier alpha value is -2.63. The molecular formula is C22H32N4O2. The first-order valence-corrected chi connectivity index (χ1v) is 9.96. The predicted molar refractivity (Wildman–Crippen MR) is 113 cm³/mol. The van der Waals surface area contributed by atoms with Crippen LogP contribution in [0.25, 0.3) is 5.69 Å². The van der Waals surface area contributed by atoms with Crippen LogP contribution in [0.15, 0.2) is 36.4 Å². The molecule has 0 spiro atoms. The normalized spacial score (nSPS) is 12.5. The van der Waals surface area contributed by atoms with Crippen LogP contribution in [-0.4, -0.2) is 27.6 Å². The van der Waals surface area contributed by atoms with Crippen LogP contribution >= 0.6 is 0 Å². The highest BCUT2D eigenvalue weighted by atomic mass is 16.2. The first-order chi connectivity index (χ1) is 13.2. The maximum absolute atomic E-state index is 12.4. The second-order valence-corrected chi connectivity index (χ2v) is 8.19. The molecule has 0 aliphatic rings. The molecule has 0 aliphatic carbocycles. The van der Waals surface area contributed by atoms with Gasteiger partial charge in [-0.05, 0) is 31.9 Å². The molecule has 0 bridgehead atoms. The van der Waals surface area contributed by atoms with E-state index in [4.69, 9.17) is 5.10 Å². The van der Waals surface area contributed by atoms with Crippen LogP contribution in [0, 0.1) is 0 Å². The maximum Gasteiger partial charge on any atom is 0.225 e. The van der Waals surface area contributed by atoms with E-state index in [1.54, 1.807) is 4.68 Å². The summed E-state index contributed by atoms with van der Waals surface area (Å²) in [6, 6.07) is 11.8. The predicted octanol–water partition coefficient (Wildman–Crippen LogP) is 4.19. The van der Waals surface area contributed by atoms with Gasteiger partial charge in [-0.25, -0.2) is 4.68 Å². The molecule has 2 amide bonds. The van der Waals surface area contributed by atoms with Gasteiger partial charge in [0, 0.05) is 30.4 Å². The van der Waals surface area contributed by atoms with Crippen molar-refractivity contribution >= 4 is 17.6 Å². The van der Waals surface area contributed by atoms with Crippen LogP contribution in [0.5, 0.6) is 0 Å². The quantitative estimate of drug-likeness (QED) is 0.716. The molecule has 6 nitrogen and oxygen atoms in total. The highest BCUT2D eigenvalue weighted by molar-refractivity contribution is 5.90. The molecule has 152 valence electrons. The van der Waals surface area contributed by atoms with Crippen molar-refractivity contribution in [3.63, 3.8) is 0 Å². The molecule has 0 saturated heterocycles. The van der Waals surface area contributed by atoms with E-state index in [1.807, 2.05) is 50.2 Å². The lowest BCUT2D eigenvalue weighted by atomic mass is 9.92. The molecule has 2 rings (SSSR count). The van der Waals surface area contributed by atoms with Crippen molar-refractivity contribution in [2.75, 3.05) is 5.32 Å². The van der Waals surface area contributed by atoms with E-state index in [1.165, 1.54) is 0 Å². The molecule has 1 heterocycles. The summed E-state index contributed by atoms with van der Waals surface area (Å²) in [4.78, 5) is 24.3. The molecule has 0 radical (unpaired) electrons. The van der Waals surface area contributed by atoms with Gasteiger partial charge in [-0.2, -0.15) is 5.10 Å². The Morgan fingerprint density at radius 2 is 1.75 bits per heavy atom. The smallest absolute Gasteiger partial charge is 0.225 e. The third-order valence-electron chi connectivity index (χ3n) is 4.57. The number of carbonyl (C=O) groups is 2. The third kappa shape index (κ3) is 6.22. The highest BCUT2D eigenvalue weighted by Crippen LogP contribution is 2.26. The lowest BCUT2D eigenvalue weighted by molar-refractivity contribution is -0.122. The number of amides is 2. The van der Waals surface area contributed by atoms with Gasteiger partial charge in [0.1, 0.15) is 5.82 Å². The van der Waals surface area contributed by atoms with Gasteiger partial charge in [-0.15, -0.1) is 0 Å². The average molecular weight is 385 g/mol. The van der Waals surface area contributed by atoms with Crippen molar-refractivity contribution < 1.29 is 9.59 Å². The first-order valence-electron chi connectivity index (χ1n) is 9.96. The van der Waals surface area contributed by atoms with E-state index >= 15 is 0 Å². The zero-order valence-electron chi connectivity index (χ0n) is 17.6. The van der Waals surface area contributed by atoms with Crippen LogP contribution in [-0.2, 0) is 15.0 Å². The standard InChI is InChI=1S/C22H32N4O2/c1-6-16(2)23-20(27)13-10-14-21(28)24-19-15-18(22(3,4)5)25-26(19)17-11-8-7-9-12-17/h7-9,11-12,15-16H,6,10,13-14H2,1-5H3,(H,23,27)(H,24,28). The number of benzene rings is 1. The molecule has 6 heteroatoms. The number of para-hydroxylation sites is 1. The van der Waals surface area contributed by atoms with Gasteiger partial charge >= 0.3 is 0 Å². The number of hydrogen-bond donors (Lipinski definition) is 2. The Kier molecular flexibility index (Phi) is 7.38. The summed E-state index contributed by atoms with van der Waals surface area (Å²) in [6.45, 7) is 10.3. The van der Waals surface area contributed by atoms with E-state index in [0.717, 1.165) is 17.8 Å². The zero-order valence-corrected chi connectivity index (χ0v) is 17.6. The molecule has 2 N–H and O–H groups in total. The van der Waals surface area contributed by atoms with Crippen molar-refractivity contribution in [2.45, 2.75) is 71.8 Å². The van der Waals surface area contributed by atoms with Crippen LogP contribution in [0.4, 0.5) is 5.82 Å². The Morgan fingerprint density at radius 3 is 2.36 bits per heavy atom. The molecular weight excluding hydrogens is 352 g/mol. The average Bonchev–Trinajstić information content (AvgIpc) is 3.06. The number of nitrogens with zero attached hydrogens (tertiary/aromatic N) is 2. The van der Waals surface area contributed by atoms with Crippen LogP contribution < -0.4 is 10.6 Å². The van der Waals surface area contributed by atoms with Gasteiger partial charge in [0.2, 0.25) is 11.8 Å². The second kappa shape index (κ2) is 9.53. The minimum Gasteiger partial charge on any atom is -0.354 e. The summed E-state index contributed by atoms with van der Waals surface area (Å²) in [5.41, 5.74) is 1.66. The number of aromatic nitrogens is 2. The van der Waals surface area contributed by atoms with Crippen molar-refractivity contribution in [1.82, 2.24) is 15.1 Å². The monoisotopic (exact) mass is 384 g/mol. The van der Waals surface area contributed by atoms with Gasteiger partial charge in [-0.3, -0.25) is 9.59 Å². The Balaban J connectivity index is 2.03.